The van der Waals surface area contributed by atoms with Gasteiger partial charge in [-0.3, -0.25) is 14.5 Å². The van der Waals surface area contributed by atoms with Gasteiger partial charge in [-0.1, -0.05) is 17.7 Å². The second kappa shape index (κ2) is 8.46. The molecule has 0 aliphatic carbocycles. The van der Waals surface area contributed by atoms with Crippen LogP contribution in [0.3, 0.4) is 0 Å². The molecule has 1 unspecified atom stereocenters. The van der Waals surface area contributed by atoms with Crippen LogP contribution in [-0.4, -0.2) is 67.6 Å². The summed E-state index contributed by atoms with van der Waals surface area (Å²) in [5.41, 5.74) is 1.70. The molecule has 2 rings (SSSR count). The zero-order valence-electron chi connectivity index (χ0n) is 14.3. The summed E-state index contributed by atoms with van der Waals surface area (Å²) in [6, 6.07) is 5.15. The molecule has 0 radical (unpaired) electrons. The largest absolute Gasteiger partial charge is 0.375 e. The molecular weight excluding hydrogens is 330 g/mol. The highest BCUT2D eigenvalue weighted by Gasteiger charge is 2.27. The van der Waals surface area contributed by atoms with Gasteiger partial charge in [-0.15, -0.1) is 0 Å². The van der Waals surface area contributed by atoms with Gasteiger partial charge in [0.25, 0.3) is 0 Å². The second-order valence-corrected chi connectivity index (χ2v) is 6.41. The lowest BCUT2D eigenvalue weighted by Crippen LogP contribution is -2.54. The third kappa shape index (κ3) is 4.69. The molecule has 1 saturated heterocycles. The maximum Gasteiger partial charge on any atom is 0.248 e. The van der Waals surface area contributed by atoms with Gasteiger partial charge < -0.3 is 15.0 Å². The number of rotatable bonds is 5. The molecule has 0 spiro atoms. The zero-order valence-corrected chi connectivity index (χ0v) is 15.1. The molecule has 1 atom stereocenters. The van der Waals surface area contributed by atoms with Crippen LogP contribution in [0, 0.1) is 6.92 Å². The maximum absolute atomic E-state index is 12.5. The average Bonchev–Trinajstić information content (AvgIpc) is 2.57. The summed E-state index contributed by atoms with van der Waals surface area (Å²) in [4.78, 5) is 28.2. The number of carbonyl (C=O) groups excluding carboxylic acids is 2. The van der Waals surface area contributed by atoms with E-state index in [1.54, 1.807) is 17.0 Å². The summed E-state index contributed by atoms with van der Waals surface area (Å²) in [7, 11) is 1.51. The van der Waals surface area contributed by atoms with E-state index in [0.717, 1.165) is 11.3 Å². The number of hydrogen-bond acceptors (Lipinski definition) is 4. The van der Waals surface area contributed by atoms with Crippen molar-refractivity contribution in [3.63, 3.8) is 0 Å². The predicted octanol–water partition coefficient (Wildman–Crippen LogP) is 1.77. The van der Waals surface area contributed by atoms with E-state index in [1.165, 1.54) is 7.11 Å². The van der Waals surface area contributed by atoms with Crippen LogP contribution < -0.4 is 5.32 Å². The molecule has 132 valence electrons. The van der Waals surface area contributed by atoms with Gasteiger partial charge in [0.05, 0.1) is 6.04 Å². The van der Waals surface area contributed by atoms with E-state index in [0.29, 0.717) is 31.2 Å². The number of aryl methyl sites for hydroxylation is 1. The van der Waals surface area contributed by atoms with Crippen molar-refractivity contribution in [2.24, 2.45) is 0 Å². The number of nitrogens with one attached hydrogen (secondary N) is 1. The first kappa shape index (κ1) is 18.7. The molecular formula is C17H24ClN3O3. The fourth-order valence-electron chi connectivity index (χ4n) is 2.71. The molecule has 1 heterocycles. The minimum absolute atomic E-state index is 0.0104. The van der Waals surface area contributed by atoms with Crippen LogP contribution in [0.15, 0.2) is 18.2 Å². The van der Waals surface area contributed by atoms with Crippen molar-refractivity contribution < 1.29 is 14.3 Å². The van der Waals surface area contributed by atoms with Crippen LogP contribution in [-0.2, 0) is 14.3 Å². The van der Waals surface area contributed by atoms with Crippen LogP contribution >= 0.6 is 11.6 Å². The molecule has 6 nitrogen and oxygen atoms in total. The minimum Gasteiger partial charge on any atom is -0.375 e. The zero-order chi connectivity index (χ0) is 17.7. The van der Waals surface area contributed by atoms with Gasteiger partial charge in [0.1, 0.15) is 6.61 Å². The van der Waals surface area contributed by atoms with Gasteiger partial charge in [0.2, 0.25) is 11.8 Å². The first-order valence-corrected chi connectivity index (χ1v) is 8.38. The summed E-state index contributed by atoms with van der Waals surface area (Å²) >= 11 is 5.99. The Labute approximate surface area is 147 Å². The Bertz CT molecular complexity index is 601. The van der Waals surface area contributed by atoms with Crippen LogP contribution in [0.4, 0.5) is 5.69 Å². The van der Waals surface area contributed by atoms with Crippen molar-refractivity contribution in [3.05, 3.63) is 28.8 Å². The van der Waals surface area contributed by atoms with E-state index in [4.69, 9.17) is 16.3 Å². The topological polar surface area (TPSA) is 61.9 Å². The lowest BCUT2D eigenvalue weighted by atomic mass is 10.1. The Morgan fingerprint density at radius 3 is 2.58 bits per heavy atom. The number of anilines is 1. The van der Waals surface area contributed by atoms with Crippen molar-refractivity contribution >= 4 is 29.1 Å². The molecule has 24 heavy (non-hydrogen) atoms. The summed E-state index contributed by atoms with van der Waals surface area (Å²) in [6.45, 7) is 6.45. The number of halogens is 1. The molecule has 0 aromatic heterocycles. The van der Waals surface area contributed by atoms with Crippen molar-refractivity contribution in [2.45, 2.75) is 19.9 Å². The molecule has 1 aromatic carbocycles. The third-order valence-electron chi connectivity index (χ3n) is 4.32. The van der Waals surface area contributed by atoms with Gasteiger partial charge in [-0.25, -0.2) is 0 Å². The monoisotopic (exact) mass is 353 g/mol. The molecule has 0 saturated carbocycles. The molecule has 1 aliphatic rings. The molecule has 1 fully saturated rings. The van der Waals surface area contributed by atoms with Gasteiger partial charge in [-0.2, -0.15) is 0 Å². The summed E-state index contributed by atoms with van der Waals surface area (Å²) in [5.74, 6) is -0.0826. The average molecular weight is 354 g/mol. The lowest BCUT2D eigenvalue weighted by molar-refractivity contribution is -0.137. The van der Waals surface area contributed by atoms with E-state index in [9.17, 15) is 9.59 Å². The van der Waals surface area contributed by atoms with Gasteiger partial charge >= 0.3 is 0 Å². The van der Waals surface area contributed by atoms with E-state index in [1.807, 2.05) is 19.9 Å². The fourth-order valence-corrected chi connectivity index (χ4v) is 2.88. The number of hydrogen-bond donors (Lipinski definition) is 1. The number of piperazine rings is 1. The van der Waals surface area contributed by atoms with E-state index >= 15 is 0 Å². The minimum atomic E-state index is -0.275. The maximum atomic E-state index is 12.5. The Morgan fingerprint density at radius 2 is 1.96 bits per heavy atom. The quantitative estimate of drug-likeness (QED) is 0.876. The van der Waals surface area contributed by atoms with E-state index < -0.39 is 0 Å². The fraction of sp³-hybridized carbons (Fsp3) is 0.529. The predicted molar refractivity (Wildman–Crippen MR) is 94.3 cm³/mol. The van der Waals surface area contributed by atoms with Crippen molar-refractivity contribution in [1.29, 1.82) is 0 Å². The number of ether oxygens (including phenoxy) is 1. The standard InChI is InChI=1S/C17H24ClN3O3/c1-12-4-5-14(18)10-15(12)19-17(23)13(2)20-6-8-21(9-7-20)16(22)11-24-3/h4-5,10,13H,6-9,11H2,1-3H3,(H,19,23). The molecule has 1 aliphatic heterocycles. The first-order chi connectivity index (χ1) is 11.4. The summed E-state index contributed by atoms with van der Waals surface area (Å²) in [5, 5.41) is 3.53. The summed E-state index contributed by atoms with van der Waals surface area (Å²) in [6.07, 6.45) is 0. The number of benzene rings is 1. The highest BCUT2D eigenvalue weighted by atomic mass is 35.5. The lowest BCUT2D eigenvalue weighted by Gasteiger charge is -2.37. The second-order valence-electron chi connectivity index (χ2n) is 5.97. The number of amides is 2. The van der Waals surface area contributed by atoms with Gasteiger partial charge in [0, 0.05) is 44.0 Å². The third-order valence-corrected chi connectivity index (χ3v) is 4.55. The number of methoxy groups -OCH3 is 1. The smallest absolute Gasteiger partial charge is 0.248 e. The number of nitrogens with zero attached hydrogens (tertiary/aromatic N) is 2. The van der Waals surface area contributed by atoms with Crippen LogP contribution in [0.1, 0.15) is 12.5 Å². The molecule has 7 heteroatoms. The molecule has 1 N–H and O–H groups in total. The highest BCUT2D eigenvalue weighted by Crippen LogP contribution is 2.21. The van der Waals surface area contributed by atoms with Crippen molar-refractivity contribution in [3.8, 4) is 0 Å². The Kier molecular flexibility index (Phi) is 6.60. The summed E-state index contributed by atoms with van der Waals surface area (Å²) < 4.78 is 4.88. The Balaban J connectivity index is 1.90. The number of carbonyl (C=O) groups is 2. The molecule has 0 bridgehead atoms. The Morgan fingerprint density at radius 1 is 1.29 bits per heavy atom. The SMILES string of the molecule is COCC(=O)N1CCN(C(C)C(=O)Nc2cc(Cl)ccc2C)CC1. The first-order valence-electron chi connectivity index (χ1n) is 8.00. The normalized spacial score (nSPS) is 16.8. The van der Waals surface area contributed by atoms with Gasteiger partial charge in [-0.05, 0) is 31.5 Å². The van der Waals surface area contributed by atoms with Crippen LogP contribution in [0.2, 0.25) is 5.02 Å². The molecule has 2 amide bonds. The Hall–Kier alpha value is -1.63. The highest BCUT2D eigenvalue weighted by molar-refractivity contribution is 6.31. The van der Waals surface area contributed by atoms with Crippen molar-refractivity contribution in [2.75, 3.05) is 45.2 Å². The van der Waals surface area contributed by atoms with Crippen LogP contribution in [0.25, 0.3) is 0 Å². The van der Waals surface area contributed by atoms with Crippen LogP contribution in [0.5, 0.6) is 0 Å². The van der Waals surface area contributed by atoms with E-state index in [-0.39, 0.29) is 24.5 Å². The van der Waals surface area contributed by atoms with Gasteiger partial charge in [0.15, 0.2) is 0 Å². The van der Waals surface area contributed by atoms with Crippen molar-refractivity contribution in [1.82, 2.24) is 9.80 Å². The van der Waals surface area contributed by atoms with E-state index in [2.05, 4.69) is 10.2 Å². The molecule has 1 aromatic rings.